The maximum Gasteiger partial charge on any atom is 0.170 e. The average molecular weight is 210 g/mol. The van der Waals surface area contributed by atoms with E-state index in [1.165, 1.54) is 0 Å². The first-order valence-electron chi connectivity index (χ1n) is 4.68. The van der Waals surface area contributed by atoms with Crippen LogP contribution in [-0.4, -0.2) is 12.3 Å². The van der Waals surface area contributed by atoms with Crippen LogP contribution < -0.4 is 5.73 Å². The number of hydrogen-bond acceptors (Lipinski definition) is 2. The summed E-state index contributed by atoms with van der Waals surface area (Å²) in [4.78, 5) is 11.9. The Kier molecular flexibility index (Phi) is 2.33. The quantitative estimate of drug-likeness (QED) is 0.777. The predicted molar refractivity (Wildman–Crippen MR) is 56.5 cm³/mol. The molecule has 1 aliphatic rings. The lowest BCUT2D eigenvalue weighted by Gasteiger charge is -2.10. The van der Waals surface area contributed by atoms with Crippen molar-refractivity contribution in [1.29, 1.82) is 0 Å². The number of Topliss-reactive ketones (excluding diaryl/α,β-unsaturated/α-hetero) is 1. The zero-order chi connectivity index (χ0) is 10.2. The van der Waals surface area contributed by atoms with E-state index in [0.29, 0.717) is 11.6 Å². The van der Waals surface area contributed by atoms with Crippen molar-refractivity contribution in [3.63, 3.8) is 0 Å². The minimum absolute atomic E-state index is 0.164. The molecule has 1 saturated carbocycles. The van der Waals surface area contributed by atoms with Gasteiger partial charge in [-0.3, -0.25) is 4.79 Å². The van der Waals surface area contributed by atoms with Crippen molar-refractivity contribution < 1.29 is 4.79 Å². The predicted octanol–water partition coefficient (Wildman–Crippen LogP) is 2.26. The molecule has 2 rings (SSSR count). The summed E-state index contributed by atoms with van der Waals surface area (Å²) >= 11 is 5.74. The van der Waals surface area contributed by atoms with Crippen LogP contribution in [0, 0.1) is 5.41 Å². The molecule has 14 heavy (non-hydrogen) atoms. The molecule has 0 saturated heterocycles. The number of hydrogen-bond donors (Lipinski definition) is 1. The van der Waals surface area contributed by atoms with Gasteiger partial charge in [-0.2, -0.15) is 0 Å². The number of benzene rings is 1. The average Bonchev–Trinajstić information content (AvgIpc) is 2.99. The molecule has 0 aromatic heterocycles. The number of nitrogens with two attached hydrogens (primary N) is 1. The standard InChI is InChI=1S/C11H12ClNO/c12-9-3-1-8(2-4-9)10(14)11(7-13)5-6-11/h1-4H,5-7,13H2. The van der Waals surface area contributed by atoms with Crippen molar-refractivity contribution >= 4 is 17.4 Å². The molecule has 3 heteroatoms. The maximum atomic E-state index is 11.9. The van der Waals surface area contributed by atoms with Crippen LogP contribution in [0.25, 0.3) is 0 Å². The Balaban J connectivity index is 2.23. The van der Waals surface area contributed by atoms with Gasteiger partial charge in [0.15, 0.2) is 5.78 Å². The van der Waals surface area contributed by atoms with Crippen LogP contribution in [0.3, 0.4) is 0 Å². The normalized spacial score (nSPS) is 17.9. The fourth-order valence-corrected chi connectivity index (χ4v) is 1.71. The summed E-state index contributed by atoms with van der Waals surface area (Å²) in [6.45, 7) is 0.453. The molecule has 1 fully saturated rings. The second-order valence-electron chi connectivity index (χ2n) is 3.82. The van der Waals surface area contributed by atoms with Gasteiger partial charge < -0.3 is 5.73 Å². The van der Waals surface area contributed by atoms with Gasteiger partial charge in [0.2, 0.25) is 0 Å². The van der Waals surface area contributed by atoms with Gasteiger partial charge >= 0.3 is 0 Å². The third kappa shape index (κ3) is 1.56. The van der Waals surface area contributed by atoms with Crippen LogP contribution >= 0.6 is 11.6 Å². The fraction of sp³-hybridized carbons (Fsp3) is 0.364. The summed E-state index contributed by atoms with van der Waals surface area (Å²) in [5.41, 5.74) is 6.05. The molecule has 2 N–H and O–H groups in total. The van der Waals surface area contributed by atoms with E-state index >= 15 is 0 Å². The Hall–Kier alpha value is -0.860. The van der Waals surface area contributed by atoms with Crippen LogP contribution in [0.1, 0.15) is 23.2 Å². The van der Waals surface area contributed by atoms with Crippen molar-refractivity contribution in [2.45, 2.75) is 12.8 Å². The van der Waals surface area contributed by atoms with E-state index in [9.17, 15) is 4.79 Å². The molecule has 0 heterocycles. The zero-order valence-electron chi connectivity index (χ0n) is 7.79. The Morgan fingerprint density at radius 3 is 2.36 bits per heavy atom. The Labute approximate surface area is 88.1 Å². The number of carbonyl (C=O) groups is 1. The molecule has 74 valence electrons. The van der Waals surface area contributed by atoms with Crippen LogP contribution in [-0.2, 0) is 0 Å². The van der Waals surface area contributed by atoms with Crippen molar-refractivity contribution in [3.05, 3.63) is 34.9 Å². The Morgan fingerprint density at radius 1 is 1.36 bits per heavy atom. The summed E-state index contributed by atoms with van der Waals surface area (Å²) < 4.78 is 0. The van der Waals surface area contributed by atoms with E-state index in [0.717, 1.165) is 18.4 Å². The number of rotatable bonds is 3. The SMILES string of the molecule is NCC1(C(=O)c2ccc(Cl)cc2)CC1. The van der Waals surface area contributed by atoms with E-state index in [-0.39, 0.29) is 11.2 Å². The summed E-state index contributed by atoms with van der Waals surface area (Å²) in [7, 11) is 0. The summed E-state index contributed by atoms with van der Waals surface area (Å²) in [6, 6.07) is 7.00. The van der Waals surface area contributed by atoms with Gasteiger partial charge in [-0.25, -0.2) is 0 Å². The second-order valence-corrected chi connectivity index (χ2v) is 4.26. The molecule has 0 aliphatic heterocycles. The van der Waals surface area contributed by atoms with Crippen LogP contribution in [0.5, 0.6) is 0 Å². The highest BCUT2D eigenvalue weighted by atomic mass is 35.5. The number of ketones is 1. The number of carbonyl (C=O) groups excluding carboxylic acids is 1. The van der Waals surface area contributed by atoms with Gasteiger partial charge in [-0.1, -0.05) is 11.6 Å². The highest BCUT2D eigenvalue weighted by molar-refractivity contribution is 6.30. The van der Waals surface area contributed by atoms with Gasteiger partial charge in [-0.05, 0) is 37.1 Å². The molecule has 0 bridgehead atoms. The van der Waals surface area contributed by atoms with Crippen molar-refractivity contribution in [2.75, 3.05) is 6.54 Å². The molecule has 0 amide bonds. The van der Waals surface area contributed by atoms with Crippen LogP contribution in [0.2, 0.25) is 5.02 Å². The van der Waals surface area contributed by atoms with E-state index < -0.39 is 0 Å². The molecular weight excluding hydrogens is 198 g/mol. The largest absolute Gasteiger partial charge is 0.329 e. The topological polar surface area (TPSA) is 43.1 Å². The lowest BCUT2D eigenvalue weighted by Crippen LogP contribution is -2.25. The smallest absolute Gasteiger partial charge is 0.170 e. The third-order valence-corrected chi connectivity index (χ3v) is 3.08. The van der Waals surface area contributed by atoms with Crippen molar-refractivity contribution in [2.24, 2.45) is 11.1 Å². The van der Waals surface area contributed by atoms with Crippen LogP contribution in [0.4, 0.5) is 0 Å². The molecule has 1 aromatic carbocycles. The zero-order valence-corrected chi connectivity index (χ0v) is 8.55. The van der Waals surface area contributed by atoms with Gasteiger partial charge in [-0.15, -0.1) is 0 Å². The van der Waals surface area contributed by atoms with Crippen molar-refractivity contribution in [3.8, 4) is 0 Å². The lowest BCUT2D eigenvalue weighted by molar-refractivity contribution is 0.0905. The van der Waals surface area contributed by atoms with E-state index in [1.54, 1.807) is 24.3 Å². The molecule has 2 nitrogen and oxygen atoms in total. The molecule has 0 radical (unpaired) electrons. The second kappa shape index (κ2) is 3.37. The van der Waals surface area contributed by atoms with E-state index in [2.05, 4.69) is 0 Å². The Morgan fingerprint density at radius 2 is 1.93 bits per heavy atom. The van der Waals surface area contributed by atoms with E-state index in [4.69, 9.17) is 17.3 Å². The van der Waals surface area contributed by atoms with Gasteiger partial charge in [0.05, 0.1) is 0 Å². The highest BCUT2D eigenvalue weighted by Gasteiger charge is 2.48. The van der Waals surface area contributed by atoms with Gasteiger partial charge in [0, 0.05) is 22.5 Å². The fourth-order valence-electron chi connectivity index (χ4n) is 1.58. The maximum absolute atomic E-state index is 11.9. The first-order chi connectivity index (χ1) is 6.68. The van der Waals surface area contributed by atoms with E-state index in [1.807, 2.05) is 0 Å². The molecule has 0 atom stereocenters. The molecule has 1 aromatic rings. The highest BCUT2D eigenvalue weighted by Crippen LogP contribution is 2.47. The first-order valence-corrected chi connectivity index (χ1v) is 5.06. The Bertz CT molecular complexity index is 354. The minimum atomic E-state index is -0.256. The summed E-state index contributed by atoms with van der Waals surface area (Å²) in [5.74, 6) is 0.164. The van der Waals surface area contributed by atoms with Crippen molar-refractivity contribution in [1.82, 2.24) is 0 Å². The molecule has 1 aliphatic carbocycles. The number of halogens is 1. The lowest BCUT2D eigenvalue weighted by atomic mass is 9.95. The minimum Gasteiger partial charge on any atom is -0.329 e. The molecule has 0 spiro atoms. The van der Waals surface area contributed by atoms with Crippen LogP contribution in [0.15, 0.2) is 24.3 Å². The molecular formula is C11H12ClNO. The summed E-state index contributed by atoms with van der Waals surface area (Å²) in [6.07, 6.45) is 1.84. The first kappa shape index (κ1) is 9.69. The van der Waals surface area contributed by atoms with Gasteiger partial charge in [0.25, 0.3) is 0 Å². The summed E-state index contributed by atoms with van der Waals surface area (Å²) in [5, 5.41) is 0.652. The van der Waals surface area contributed by atoms with Gasteiger partial charge in [0.1, 0.15) is 0 Å². The third-order valence-electron chi connectivity index (χ3n) is 2.83. The monoisotopic (exact) mass is 209 g/mol. The molecule has 0 unspecified atom stereocenters.